The second-order valence-corrected chi connectivity index (χ2v) is 3.69. The summed E-state index contributed by atoms with van der Waals surface area (Å²) in [7, 11) is 0. The van der Waals surface area contributed by atoms with E-state index in [1.165, 1.54) is 6.20 Å². The summed E-state index contributed by atoms with van der Waals surface area (Å²) in [6.07, 6.45) is 2.69. The molecule has 3 N–H and O–H groups in total. The van der Waals surface area contributed by atoms with Gasteiger partial charge in [0.15, 0.2) is 6.10 Å². The number of para-hydroxylation sites is 1. The number of hydrogen-bond acceptors (Lipinski definition) is 4. The molecule has 0 fully saturated rings. The van der Waals surface area contributed by atoms with E-state index in [0.29, 0.717) is 5.69 Å². The average molecular weight is 259 g/mol. The SMILES string of the molecule is O=C(O)OC(C=CNc1ccccc1)c1ccn[nH]1. The Labute approximate surface area is 109 Å². The Bertz CT molecular complexity index is 538. The molecule has 0 saturated heterocycles. The van der Waals surface area contributed by atoms with Gasteiger partial charge in [-0.05, 0) is 24.3 Å². The second-order valence-electron chi connectivity index (χ2n) is 3.69. The minimum Gasteiger partial charge on any atom is -0.450 e. The maximum absolute atomic E-state index is 10.6. The van der Waals surface area contributed by atoms with Gasteiger partial charge in [-0.15, -0.1) is 0 Å². The fourth-order valence-corrected chi connectivity index (χ4v) is 1.51. The molecule has 1 unspecified atom stereocenters. The van der Waals surface area contributed by atoms with Crippen molar-refractivity contribution in [2.75, 3.05) is 5.32 Å². The Morgan fingerprint density at radius 3 is 2.79 bits per heavy atom. The van der Waals surface area contributed by atoms with Crippen LogP contribution in [0.4, 0.5) is 10.5 Å². The summed E-state index contributed by atoms with van der Waals surface area (Å²) in [5.41, 5.74) is 1.46. The van der Waals surface area contributed by atoms with Crippen LogP contribution in [0.2, 0.25) is 0 Å². The molecule has 0 aliphatic carbocycles. The highest BCUT2D eigenvalue weighted by atomic mass is 16.7. The third-order valence-corrected chi connectivity index (χ3v) is 2.35. The summed E-state index contributed by atoms with van der Waals surface area (Å²) >= 11 is 0. The highest BCUT2D eigenvalue weighted by Crippen LogP contribution is 2.16. The van der Waals surface area contributed by atoms with Crippen LogP contribution >= 0.6 is 0 Å². The van der Waals surface area contributed by atoms with E-state index in [9.17, 15) is 4.79 Å². The molecule has 2 rings (SSSR count). The highest BCUT2D eigenvalue weighted by molar-refractivity contribution is 5.57. The zero-order valence-electron chi connectivity index (χ0n) is 9.98. The van der Waals surface area contributed by atoms with Gasteiger partial charge < -0.3 is 15.2 Å². The van der Waals surface area contributed by atoms with Crippen LogP contribution in [0.5, 0.6) is 0 Å². The van der Waals surface area contributed by atoms with Gasteiger partial charge in [-0.1, -0.05) is 18.2 Å². The lowest BCUT2D eigenvalue weighted by atomic mass is 10.2. The standard InChI is InChI=1S/C13H13N3O3/c17-13(18)19-12(11-6-9-15-16-11)7-8-14-10-4-2-1-3-5-10/h1-9,12,14H,(H,15,16)(H,17,18). The number of rotatable bonds is 5. The van der Waals surface area contributed by atoms with Crippen LogP contribution in [-0.2, 0) is 4.74 Å². The van der Waals surface area contributed by atoms with E-state index in [0.717, 1.165) is 5.69 Å². The molecule has 6 heteroatoms. The molecule has 1 atom stereocenters. The van der Waals surface area contributed by atoms with Gasteiger partial charge in [0.25, 0.3) is 0 Å². The first kappa shape index (κ1) is 12.7. The molecule has 0 aliphatic rings. The molecule has 0 aliphatic heterocycles. The molecule has 6 nitrogen and oxygen atoms in total. The summed E-state index contributed by atoms with van der Waals surface area (Å²) in [5, 5.41) is 18.1. The monoisotopic (exact) mass is 259 g/mol. The van der Waals surface area contributed by atoms with Crippen LogP contribution < -0.4 is 5.32 Å². The number of hydrogen-bond donors (Lipinski definition) is 3. The minimum atomic E-state index is -1.34. The lowest BCUT2D eigenvalue weighted by Gasteiger charge is -2.09. The van der Waals surface area contributed by atoms with Crippen molar-refractivity contribution in [2.45, 2.75) is 6.10 Å². The van der Waals surface area contributed by atoms with E-state index in [1.54, 1.807) is 18.3 Å². The van der Waals surface area contributed by atoms with E-state index in [2.05, 4.69) is 15.5 Å². The summed E-state index contributed by atoms with van der Waals surface area (Å²) in [4.78, 5) is 10.6. The number of nitrogens with one attached hydrogen (secondary N) is 2. The molecule has 19 heavy (non-hydrogen) atoms. The van der Waals surface area contributed by atoms with Crippen LogP contribution in [0.15, 0.2) is 54.9 Å². The van der Waals surface area contributed by atoms with Gasteiger partial charge in [0.1, 0.15) is 0 Å². The van der Waals surface area contributed by atoms with E-state index in [4.69, 9.17) is 9.84 Å². The molecule has 98 valence electrons. The number of anilines is 1. The summed E-state index contributed by atoms with van der Waals surface area (Å²) in [5.74, 6) is 0. The van der Waals surface area contributed by atoms with Crippen molar-refractivity contribution in [3.05, 3.63) is 60.6 Å². The van der Waals surface area contributed by atoms with Gasteiger partial charge in [0.2, 0.25) is 0 Å². The molecule has 0 amide bonds. The second kappa shape index (κ2) is 6.25. The minimum absolute atomic E-state index is 0.563. The largest absolute Gasteiger partial charge is 0.506 e. The van der Waals surface area contributed by atoms with Crippen LogP contribution in [0.1, 0.15) is 11.8 Å². The van der Waals surface area contributed by atoms with Crippen molar-refractivity contribution in [3.8, 4) is 0 Å². The van der Waals surface area contributed by atoms with Gasteiger partial charge >= 0.3 is 6.16 Å². The zero-order chi connectivity index (χ0) is 13.5. The zero-order valence-corrected chi connectivity index (χ0v) is 9.98. The number of aromatic nitrogens is 2. The Kier molecular flexibility index (Phi) is 4.17. The molecule has 0 bridgehead atoms. The van der Waals surface area contributed by atoms with Gasteiger partial charge in [0, 0.05) is 18.1 Å². The number of carboxylic acid groups (broad SMARTS) is 1. The smallest absolute Gasteiger partial charge is 0.450 e. The van der Waals surface area contributed by atoms with Crippen molar-refractivity contribution >= 4 is 11.8 Å². The first-order chi connectivity index (χ1) is 9.25. The van der Waals surface area contributed by atoms with Crippen LogP contribution in [0, 0.1) is 0 Å². The maximum atomic E-state index is 10.6. The normalized spacial score (nSPS) is 12.2. The average Bonchev–Trinajstić information content (AvgIpc) is 2.92. The van der Waals surface area contributed by atoms with E-state index >= 15 is 0 Å². The predicted molar refractivity (Wildman–Crippen MR) is 69.6 cm³/mol. The van der Waals surface area contributed by atoms with Crippen molar-refractivity contribution in [1.29, 1.82) is 0 Å². The number of benzene rings is 1. The summed E-state index contributed by atoms with van der Waals surface area (Å²) < 4.78 is 4.75. The van der Waals surface area contributed by atoms with E-state index < -0.39 is 12.3 Å². The van der Waals surface area contributed by atoms with Crippen LogP contribution in [-0.4, -0.2) is 21.5 Å². The van der Waals surface area contributed by atoms with Crippen LogP contribution in [0.25, 0.3) is 0 Å². The lowest BCUT2D eigenvalue weighted by Crippen LogP contribution is -2.08. The third-order valence-electron chi connectivity index (χ3n) is 2.35. The maximum Gasteiger partial charge on any atom is 0.506 e. The van der Waals surface area contributed by atoms with Crippen molar-refractivity contribution in [2.24, 2.45) is 0 Å². The lowest BCUT2D eigenvalue weighted by molar-refractivity contribution is 0.0675. The Balaban J connectivity index is 2.02. The molecule has 1 aromatic carbocycles. The van der Waals surface area contributed by atoms with E-state index in [-0.39, 0.29) is 0 Å². The van der Waals surface area contributed by atoms with Crippen LogP contribution in [0.3, 0.4) is 0 Å². The van der Waals surface area contributed by atoms with Crippen molar-refractivity contribution in [1.82, 2.24) is 10.2 Å². The first-order valence-corrected chi connectivity index (χ1v) is 5.63. The van der Waals surface area contributed by atoms with Gasteiger partial charge in [-0.25, -0.2) is 4.79 Å². The molecule has 0 saturated carbocycles. The quantitative estimate of drug-likeness (QED) is 0.719. The summed E-state index contributed by atoms with van der Waals surface area (Å²) in [6, 6.07) is 11.2. The predicted octanol–water partition coefficient (Wildman–Crippen LogP) is 2.77. The fraction of sp³-hybridized carbons (Fsp3) is 0.0769. The fourth-order valence-electron chi connectivity index (χ4n) is 1.51. The number of ether oxygens (including phenoxy) is 1. The highest BCUT2D eigenvalue weighted by Gasteiger charge is 2.13. The Hall–Kier alpha value is -2.76. The van der Waals surface area contributed by atoms with Gasteiger partial charge in [-0.3, -0.25) is 5.10 Å². The molecule has 0 radical (unpaired) electrons. The molecule has 1 aromatic heterocycles. The van der Waals surface area contributed by atoms with Crippen molar-refractivity contribution in [3.63, 3.8) is 0 Å². The molecule has 1 heterocycles. The van der Waals surface area contributed by atoms with Gasteiger partial charge in [0.05, 0.1) is 5.69 Å². The molecular formula is C13H13N3O3. The third kappa shape index (κ3) is 3.88. The number of aromatic amines is 1. The first-order valence-electron chi connectivity index (χ1n) is 5.63. The topological polar surface area (TPSA) is 87.2 Å². The number of H-pyrrole nitrogens is 1. The van der Waals surface area contributed by atoms with Crippen molar-refractivity contribution < 1.29 is 14.6 Å². The number of nitrogens with zero attached hydrogens (tertiary/aromatic N) is 1. The van der Waals surface area contributed by atoms with Gasteiger partial charge in [-0.2, -0.15) is 5.10 Å². The Morgan fingerprint density at radius 2 is 2.16 bits per heavy atom. The molecular weight excluding hydrogens is 246 g/mol. The molecule has 2 aromatic rings. The summed E-state index contributed by atoms with van der Waals surface area (Å²) in [6.45, 7) is 0. The molecule has 0 spiro atoms. The number of carbonyl (C=O) groups is 1. The van der Waals surface area contributed by atoms with E-state index in [1.807, 2.05) is 30.3 Å². The Morgan fingerprint density at radius 1 is 1.37 bits per heavy atom.